The maximum Gasteiger partial charge on any atom is 0.291 e. The molecule has 0 aliphatic rings. The molecule has 0 saturated heterocycles. The zero-order chi connectivity index (χ0) is 13.8. The van der Waals surface area contributed by atoms with E-state index < -0.39 is 0 Å². The van der Waals surface area contributed by atoms with Crippen LogP contribution in [-0.4, -0.2) is 27.5 Å². The summed E-state index contributed by atoms with van der Waals surface area (Å²) in [6, 6.07) is 9.14. The number of rotatable bonds is 4. The molecule has 0 radical (unpaired) electrons. The number of imidazole rings is 1. The number of carbonyl (C=O) groups excluding carboxylic acids is 1. The molecule has 20 heavy (non-hydrogen) atoms. The molecule has 100 valence electrons. The Hall–Kier alpha value is -2.96. The van der Waals surface area contributed by atoms with E-state index in [9.17, 15) is 4.79 Å². The van der Waals surface area contributed by atoms with Gasteiger partial charge in [-0.15, -0.1) is 0 Å². The summed E-state index contributed by atoms with van der Waals surface area (Å²) in [4.78, 5) is 25.7. The molecule has 2 aromatic heterocycles. The first-order valence-electron chi connectivity index (χ1n) is 6.00. The lowest BCUT2D eigenvalue weighted by molar-refractivity contribution is -0.352. The van der Waals surface area contributed by atoms with Crippen LogP contribution in [0.2, 0.25) is 0 Å². The first kappa shape index (κ1) is 12.1. The summed E-state index contributed by atoms with van der Waals surface area (Å²) in [6.07, 6.45) is 3.00. The number of hydrogen-bond donors (Lipinski definition) is 2. The average molecular weight is 270 g/mol. The van der Waals surface area contributed by atoms with Crippen molar-refractivity contribution in [2.75, 3.05) is 11.9 Å². The van der Waals surface area contributed by atoms with Gasteiger partial charge < -0.3 is 9.72 Å². The SMILES string of the molecule is O=C(COc1ccccc1)Nc1nc[nH+]c2nc[nH]c12. The molecule has 0 atom stereocenters. The van der Waals surface area contributed by atoms with Gasteiger partial charge in [0.25, 0.3) is 11.6 Å². The van der Waals surface area contributed by atoms with Crippen LogP contribution in [0.4, 0.5) is 5.82 Å². The molecule has 1 aromatic carbocycles. The highest BCUT2D eigenvalue weighted by Gasteiger charge is 2.14. The summed E-state index contributed by atoms with van der Waals surface area (Å²) in [5.74, 6) is 0.769. The van der Waals surface area contributed by atoms with Crippen LogP contribution in [0, 0.1) is 0 Å². The average Bonchev–Trinajstić information content (AvgIpc) is 2.96. The Bertz CT molecular complexity index is 726. The molecule has 0 bridgehead atoms. The van der Waals surface area contributed by atoms with Gasteiger partial charge in [0.05, 0.1) is 0 Å². The topological polar surface area (TPSA) is 94.0 Å². The Labute approximate surface area is 114 Å². The molecule has 0 aliphatic heterocycles. The van der Waals surface area contributed by atoms with Crippen molar-refractivity contribution in [1.29, 1.82) is 0 Å². The van der Waals surface area contributed by atoms with Crippen LogP contribution < -0.4 is 15.0 Å². The van der Waals surface area contributed by atoms with E-state index in [1.807, 2.05) is 18.2 Å². The number of anilines is 1. The van der Waals surface area contributed by atoms with Crippen molar-refractivity contribution in [3.8, 4) is 5.75 Å². The van der Waals surface area contributed by atoms with E-state index in [-0.39, 0.29) is 12.5 Å². The van der Waals surface area contributed by atoms with Crippen molar-refractivity contribution in [2.24, 2.45) is 0 Å². The number of benzene rings is 1. The fraction of sp³-hybridized carbons (Fsp3) is 0.0769. The monoisotopic (exact) mass is 270 g/mol. The molecule has 3 rings (SSSR count). The zero-order valence-corrected chi connectivity index (χ0v) is 10.5. The zero-order valence-electron chi connectivity index (χ0n) is 10.5. The van der Waals surface area contributed by atoms with Crippen molar-refractivity contribution in [3.63, 3.8) is 0 Å². The number of amides is 1. The van der Waals surface area contributed by atoms with Crippen LogP contribution in [-0.2, 0) is 4.79 Å². The largest absolute Gasteiger partial charge is 0.484 e. The normalized spacial score (nSPS) is 10.4. The van der Waals surface area contributed by atoms with Crippen LogP contribution in [0.25, 0.3) is 11.2 Å². The molecule has 0 fully saturated rings. The lowest BCUT2D eigenvalue weighted by Crippen LogP contribution is -2.21. The maximum absolute atomic E-state index is 11.8. The molecule has 3 aromatic rings. The summed E-state index contributed by atoms with van der Waals surface area (Å²) in [6.45, 7) is -0.0834. The number of ether oxygens (including phenoxy) is 1. The van der Waals surface area contributed by atoms with Gasteiger partial charge in [0.1, 0.15) is 5.75 Å². The molecular weight excluding hydrogens is 258 g/mol. The number of para-hydroxylation sites is 1. The molecule has 7 heteroatoms. The molecule has 0 unspecified atom stereocenters. The smallest absolute Gasteiger partial charge is 0.291 e. The fourth-order valence-electron chi connectivity index (χ4n) is 1.74. The van der Waals surface area contributed by atoms with E-state index in [4.69, 9.17) is 4.74 Å². The van der Waals surface area contributed by atoms with Gasteiger partial charge in [0.2, 0.25) is 12.1 Å². The Balaban J connectivity index is 1.66. The predicted octanol–water partition coefficient (Wildman–Crippen LogP) is 0.789. The number of nitrogens with one attached hydrogen (secondary N) is 3. The second kappa shape index (κ2) is 5.35. The lowest BCUT2D eigenvalue weighted by Gasteiger charge is -2.05. The standard InChI is InChI=1S/C13H11N5O2/c19-10(6-20-9-4-2-1-3-5-9)18-13-11-12(15-7-14-11)16-8-17-13/h1-5,7-8H,6H2,(H2,14,15,16,17,18,19)/p+1. The van der Waals surface area contributed by atoms with Crippen LogP contribution in [0.15, 0.2) is 43.0 Å². The summed E-state index contributed by atoms with van der Waals surface area (Å²) in [5, 5.41) is 2.67. The summed E-state index contributed by atoms with van der Waals surface area (Å²) in [5.41, 5.74) is 1.26. The Kier molecular flexibility index (Phi) is 3.24. The number of aromatic amines is 2. The third-order valence-electron chi connectivity index (χ3n) is 2.64. The maximum atomic E-state index is 11.8. The second-order valence-electron chi connectivity index (χ2n) is 4.03. The number of carbonyl (C=O) groups is 1. The van der Waals surface area contributed by atoms with Gasteiger partial charge in [0, 0.05) is 0 Å². The van der Waals surface area contributed by atoms with Gasteiger partial charge in [-0.1, -0.05) is 28.2 Å². The molecule has 0 saturated carbocycles. The van der Waals surface area contributed by atoms with Crippen LogP contribution in [0.1, 0.15) is 0 Å². The van der Waals surface area contributed by atoms with Gasteiger partial charge >= 0.3 is 0 Å². The molecular formula is C13H12N5O2+. The van der Waals surface area contributed by atoms with Gasteiger partial charge in [-0.25, -0.2) is 4.98 Å². The van der Waals surface area contributed by atoms with Crippen LogP contribution in [0.3, 0.4) is 0 Å². The van der Waals surface area contributed by atoms with Crippen LogP contribution >= 0.6 is 0 Å². The van der Waals surface area contributed by atoms with Gasteiger partial charge in [-0.05, 0) is 12.1 Å². The third-order valence-corrected chi connectivity index (χ3v) is 2.64. The van der Waals surface area contributed by atoms with E-state index in [0.29, 0.717) is 22.7 Å². The number of aromatic nitrogens is 4. The summed E-state index contributed by atoms with van der Waals surface area (Å²) in [7, 11) is 0. The Morgan fingerprint density at radius 1 is 1.30 bits per heavy atom. The molecule has 1 amide bonds. The van der Waals surface area contributed by atoms with Gasteiger partial charge in [0.15, 0.2) is 18.5 Å². The Morgan fingerprint density at radius 2 is 2.15 bits per heavy atom. The molecule has 3 N–H and O–H groups in total. The van der Waals surface area contributed by atoms with Gasteiger partial charge in [-0.2, -0.15) is 0 Å². The van der Waals surface area contributed by atoms with E-state index >= 15 is 0 Å². The van der Waals surface area contributed by atoms with Gasteiger partial charge in [-0.3, -0.25) is 10.1 Å². The third kappa shape index (κ3) is 2.56. The van der Waals surface area contributed by atoms with Crippen molar-refractivity contribution in [2.45, 2.75) is 0 Å². The highest BCUT2D eigenvalue weighted by molar-refractivity contribution is 5.96. The molecule has 0 spiro atoms. The number of nitrogens with zero attached hydrogens (tertiary/aromatic N) is 2. The quantitative estimate of drug-likeness (QED) is 0.732. The summed E-state index contributed by atoms with van der Waals surface area (Å²) < 4.78 is 5.36. The van der Waals surface area contributed by atoms with E-state index in [1.54, 1.807) is 12.1 Å². The first-order chi connectivity index (χ1) is 9.83. The molecule has 2 heterocycles. The minimum atomic E-state index is -0.288. The highest BCUT2D eigenvalue weighted by atomic mass is 16.5. The minimum Gasteiger partial charge on any atom is -0.484 e. The van der Waals surface area contributed by atoms with E-state index in [1.165, 1.54) is 12.7 Å². The Morgan fingerprint density at radius 3 is 3.00 bits per heavy atom. The predicted molar refractivity (Wildman–Crippen MR) is 71.0 cm³/mol. The second-order valence-corrected chi connectivity index (χ2v) is 4.03. The van der Waals surface area contributed by atoms with Crippen molar-refractivity contribution < 1.29 is 14.5 Å². The molecule has 0 aliphatic carbocycles. The van der Waals surface area contributed by atoms with E-state index in [2.05, 4.69) is 25.3 Å². The van der Waals surface area contributed by atoms with Crippen molar-refractivity contribution >= 4 is 22.9 Å². The van der Waals surface area contributed by atoms with E-state index in [0.717, 1.165) is 0 Å². The highest BCUT2D eigenvalue weighted by Crippen LogP contribution is 2.12. The van der Waals surface area contributed by atoms with Crippen LogP contribution in [0.5, 0.6) is 5.75 Å². The lowest BCUT2D eigenvalue weighted by atomic mass is 10.3. The number of H-pyrrole nitrogens is 2. The first-order valence-corrected chi connectivity index (χ1v) is 6.00. The number of hydrogen-bond acceptors (Lipinski definition) is 4. The number of fused-ring (bicyclic) bond motifs is 1. The molecule has 7 nitrogen and oxygen atoms in total. The fourth-order valence-corrected chi connectivity index (χ4v) is 1.74. The van der Waals surface area contributed by atoms with Crippen molar-refractivity contribution in [3.05, 3.63) is 43.0 Å². The summed E-state index contributed by atoms with van der Waals surface area (Å²) >= 11 is 0. The minimum absolute atomic E-state index is 0.0834. The van der Waals surface area contributed by atoms with Crippen molar-refractivity contribution in [1.82, 2.24) is 15.0 Å².